The zero-order valence-corrected chi connectivity index (χ0v) is 22.6. The molecule has 0 radical (unpaired) electrons. The fraction of sp³-hybridized carbons (Fsp3) is 0.417. The molecule has 0 heterocycles. The van der Waals surface area contributed by atoms with Crippen molar-refractivity contribution in [2.24, 2.45) is 0 Å². The Labute approximate surface area is 221 Å². The van der Waals surface area contributed by atoms with Gasteiger partial charge in [-0.05, 0) is 55.7 Å². The minimum Gasteiger partial charge on any atom is -0.352 e. The van der Waals surface area contributed by atoms with Crippen LogP contribution in [0.3, 0.4) is 0 Å². The molecule has 0 bridgehead atoms. The fourth-order valence-corrected chi connectivity index (χ4v) is 5.45. The third-order valence-corrected chi connectivity index (χ3v) is 7.92. The van der Waals surface area contributed by atoms with Crippen LogP contribution < -0.4 is 9.62 Å². The molecule has 1 atom stereocenters. The molecule has 11 heteroatoms. The van der Waals surface area contributed by atoms with E-state index in [2.05, 4.69) is 5.32 Å². The molecular formula is C24H28Cl3N3O4S. The second-order valence-corrected chi connectivity index (χ2v) is 11.9. The van der Waals surface area contributed by atoms with Gasteiger partial charge in [0.1, 0.15) is 12.6 Å². The van der Waals surface area contributed by atoms with Gasteiger partial charge >= 0.3 is 0 Å². The second-order valence-electron chi connectivity index (χ2n) is 8.68. The molecule has 2 aromatic carbocycles. The smallest absolute Gasteiger partial charge is 0.244 e. The first-order chi connectivity index (χ1) is 16.5. The minimum absolute atomic E-state index is 0.0789. The molecule has 0 spiro atoms. The van der Waals surface area contributed by atoms with Crippen molar-refractivity contribution < 1.29 is 18.0 Å². The highest BCUT2D eigenvalue weighted by Crippen LogP contribution is 2.31. The Kier molecular flexibility index (Phi) is 9.32. The first-order valence-corrected chi connectivity index (χ1v) is 14.2. The minimum atomic E-state index is -3.90. The SMILES string of the molecule is C[C@H](C(=O)NC1CCCC1)N(Cc1ccc(Cl)cc1)C(=O)CN(c1cc(Cl)ccc1Cl)S(C)(=O)=O. The summed E-state index contributed by atoms with van der Waals surface area (Å²) in [5.74, 6) is -0.846. The normalized spacial score (nSPS) is 15.0. The summed E-state index contributed by atoms with van der Waals surface area (Å²) in [6.07, 6.45) is 4.89. The first kappa shape index (κ1) is 27.6. The molecule has 2 amide bonds. The van der Waals surface area contributed by atoms with E-state index in [0.29, 0.717) is 5.02 Å². The number of nitrogens with one attached hydrogen (secondary N) is 1. The Morgan fingerprint density at radius 2 is 1.63 bits per heavy atom. The number of anilines is 1. The van der Waals surface area contributed by atoms with Crippen molar-refractivity contribution in [3.8, 4) is 0 Å². The zero-order valence-electron chi connectivity index (χ0n) is 19.5. The van der Waals surface area contributed by atoms with Crippen LogP contribution in [0.4, 0.5) is 5.69 Å². The molecule has 1 aliphatic carbocycles. The summed E-state index contributed by atoms with van der Waals surface area (Å²) in [5, 5.41) is 3.96. The van der Waals surface area contributed by atoms with Crippen molar-refractivity contribution in [2.75, 3.05) is 17.1 Å². The lowest BCUT2D eigenvalue weighted by Gasteiger charge is -2.32. The van der Waals surface area contributed by atoms with Gasteiger partial charge in [0.25, 0.3) is 0 Å². The number of hydrogen-bond acceptors (Lipinski definition) is 4. The van der Waals surface area contributed by atoms with E-state index in [4.69, 9.17) is 34.8 Å². The fourth-order valence-electron chi connectivity index (χ4n) is 4.03. The molecule has 1 N–H and O–H groups in total. The van der Waals surface area contributed by atoms with Gasteiger partial charge in [0.05, 0.1) is 17.0 Å². The van der Waals surface area contributed by atoms with Crippen LogP contribution >= 0.6 is 34.8 Å². The number of hydrogen-bond donors (Lipinski definition) is 1. The standard InChI is InChI=1S/C24H28Cl3N3O4S/c1-16(24(32)28-20-5-3-4-6-20)29(14-17-7-9-18(25)10-8-17)23(31)15-30(35(2,33)34)22-13-19(26)11-12-21(22)27/h7-13,16,20H,3-6,14-15H2,1-2H3,(H,28,32)/t16-/m1/s1. The van der Waals surface area contributed by atoms with Crippen LogP contribution in [0.2, 0.25) is 15.1 Å². The molecule has 7 nitrogen and oxygen atoms in total. The number of benzene rings is 2. The highest BCUT2D eigenvalue weighted by atomic mass is 35.5. The highest BCUT2D eigenvalue weighted by molar-refractivity contribution is 7.92. The molecule has 0 aliphatic heterocycles. The molecule has 35 heavy (non-hydrogen) atoms. The summed E-state index contributed by atoms with van der Waals surface area (Å²) in [4.78, 5) is 28.0. The molecule has 0 aromatic heterocycles. The van der Waals surface area contributed by atoms with Crippen LogP contribution in [-0.4, -0.2) is 50.0 Å². The largest absolute Gasteiger partial charge is 0.352 e. The van der Waals surface area contributed by atoms with Gasteiger partial charge in [-0.1, -0.05) is 59.8 Å². The first-order valence-electron chi connectivity index (χ1n) is 11.2. The number of sulfonamides is 1. The van der Waals surface area contributed by atoms with E-state index in [9.17, 15) is 18.0 Å². The van der Waals surface area contributed by atoms with Gasteiger partial charge in [-0.3, -0.25) is 13.9 Å². The van der Waals surface area contributed by atoms with E-state index >= 15 is 0 Å². The predicted molar refractivity (Wildman–Crippen MR) is 141 cm³/mol. The van der Waals surface area contributed by atoms with Crippen LogP contribution in [0.25, 0.3) is 0 Å². The average molecular weight is 561 g/mol. The summed E-state index contributed by atoms with van der Waals surface area (Å²) >= 11 is 18.3. The number of carbonyl (C=O) groups excluding carboxylic acids is 2. The maximum absolute atomic E-state index is 13.6. The third kappa shape index (κ3) is 7.49. The lowest BCUT2D eigenvalue weighted by atomic mass is 10.1. The van der Waals surface area contributed by atoms with Gasteiger partial charge in [0.2, 0.25) is 21.8 Å². The van der Waals surface area contributed by atoms with Gasteiger partial charge in [-0.15, -0.1) is 0 Å². The molecule has 1 fully saturated rings. The summed E-state index contributed by atoms with van der Waals surface area (Å²) in [6.45, 7) is 1.18. The van der Waals surface area contributed by atoms with Gasteiger partial charge in [0.15, 0.2) is 0 Å². The topological polar surface area (TPSA) is 86.8 Å². The Hall–Kier alpha value is -2.00. The van der Waals surface area contributed by atoms with Gasteiger partial charge < -0.3 is 10.2 Å². The number of rotatable bonds is 9. The van der Waals surface area contributed by atoms with Crippen molar-refractivity contribution in [1.29, 1.82) is 0 Å². The van der Waals surface area contributed by atoms with Crippen molar-refractivity contribution in [3.05, 3.63) is 63.1 Å². The summed E-state index contributed by atoms with van der Waals surface area (Å²) in [7, 11) is -3.90. The van der Waals surface area contributed by atoms with Gasteiger partial charge in [-0.25, -0.2) is 8.42 Å². The zero-order chi connectivity index (χ0) is 25.8. The average Bonchev–Trinajstić information content (AvgIpc) is 3.30. The van der Waals surface area contributed by atoms with Crippen LogP contribution in [0.1, 0.15) is 38.2 Å². The van der Waals surface area contributed by atoms with Gasteiger partial charge in [-0.2, -0.15) is 0 Å². The van der Waals surface area contributed by atoms with Crippen LogP contribution in [0.5, 0.6) is 0 Å². The van der Waals surface area contributed by atoms with Gasteiger partial charge in [0, 0.05) is 22.6 Å². The highest BCUT2D eigenvalue weighted by Gasteiger charge is 2.32. The molecule has 1 saturated carbocycles. The Bertz CT molecular complexity index is 1170. The lowest BCUT2D eigenvalue weighted by Crippen LogP contribution is -2.52. The summed E-state index contributed by atoms with van der Waals surface area (Å²) < 4.78 is 26.2. The van der Waals surface area contributed by atoms with Crippen molar-refractivity contribution in [1.82, 2.24) is 10.2 Å². The van der Waals surface area contributed by atoms with E-state index in [1.165, 1.54) is 23.1 Å². The quantitative estimate of drug-likeness (QED) is 0.473. The predicted octanol–water partition coefficient (Wildman–Crippen LogP) is 4.89. The van der Waals surface area contributed by atoms with Crippen molar-refractivity contribution >= 4 is 62.3 Å². The Balaban J connectivity index is 1.90. The van der Waals surface area contributed by atoms with E-state index in [1.807, 2.05) is 0 Å². The van der Waals surface area contributed by atoms with Crippen LogP contribution in [0, 0.1) is 0 Å². The molecule has 3 rings (SSSR count). The monoisotopic (exact) mass is 559 g/mol. The molecule has 0 saturated heterocycles. The van der Waals surface area contributed by atoms with E-state index in [1.54, 1.807) is 31.2 Å². The Morgan fingerprint density at radius 1 is 1.03 bits per heavy atom. The number of amides is 2. The molecule has 2 aromatic rings. The maximum Gasteiger partial charge on any atom is 0.244 e. The van der Waals surface area contributed by atoms with E-state index in [-0.39, 0.29) is 34.2 Å². The molecular weight excluding hydrogens is 533 g/mol. The number of halogens is 3. The lowest BCUT2D eigenvalue weighted by molar-refractivity contribution is -0.139. The molecule has 1 aliphatic rings. The van der Waals surface area contributed by atoms with Crippen LogP contribution in [0.15, 0.2) is 42.5 Å². The van der Waals surface area contributed by atoms with Crippen molar-refractivity contribution in [3.63, 3.8) is 0 Å². The van der Waals surface area contributed by atoms with E-state index in [0.717, 1.165) is 41.8 Å². The summed E-state index contributed by atoms with van der Waals surface area (Å²) in [5.41, 5.74) is 0.833. The van der Waals surface area contributed by atoms with Crippen molar-refractivity contribution in [2.45, 2.75) is 51.2 Å². The van der Waals surface area contributed by atoms with Crippen LogP contribution in [-0.2, 0) is 26.2 Å². The Morgan fingerprint density at radius 3 is 2.23 bits per heavy atom. The molecule has 0 unspecified atom stereocenters. The third-order valence-electron chi connectivity index (χ3n) is 5.99. The number of nitrogens with zero attached hydrogens (tertiary/aromatic N) is 2. The number of carbonyl (C=O) groups is 2. The second kappa shape index (κ2) is 11.8. The maximum atomic E-state index is 13.6. The summed E-state index contributed by atoms with van der Waals surface area (Å²) in [6, 6.07) is 10.5. The van der Waals surface area contributed by atoms with E-state index < -0.39 is 28.5 Å². The molecule has 190 valence electrons.